The summed E-state index contributed by atoms with van der Waals surface area (Å²) in [5, 5.41) is 27.0. The molecule has 5 nitrogen and oxygen atoms in total. The Labute approximate surface area is 105 Å². The maximum atomic E-state index is 11.4. The van der Waals surface area contributed by atoms with E-state index in [4.69, 9.17) is 14.9 Å². The first-order valence-corrected chi connectivity index (χ1v) is 5.54. The van der Waals surface area contributed by atoms with Crippen molar-refractivity contribution in [2.45, 2.75) is 19.4 Å². The predicted molar refractivity (Wildman–Crippen MR) is 66.1 cm³/mol. The van der Waals surface area contributed by atoms with E-state index in [0.717, 1.165) is 0 Å². The van der Waals surface area contributed by atoms with Gasteiger partial charge in [-0.15, -0.1) is 0 Å². The molecule has 0 bridgehead atoms. The van der Waals surface area contributed by atoms with Crippen LogP contribution in [0.3, 0.4) is 0 Å². The van der Waals surface area contributed by atoms with Gasteiger partial charge in [0, 0.05) is 19.1 Å². The summed E-state index contributed by atoms with van der Waals surface area (Å²) >= 11 is 0. The zero-order valence-corrected chi connectivity index (χ0v) is 10.0. The second-order valence-corrected chi connectivity index (χ2v) is 3.84. The Balaban J connectivity index is 2.58. The summed E-state index contributed by atoms with van der Waals surface area (Å²) in [7, 11) is 0. The fraction of sp³-hybridized carbons (Fsp3) is 0.308. The van der Waals surface area contributed by atoms with Gasteiger partial charge in [-0.25, -0.2) is 4.79 Å². The Morgan fingerprint density at radius 1 is 1.39 bits per heavy atom. The Kier molecular flexibility index (Phi) is 5.20. The van der Waals surface area contributed by atoms with Gasteiger partial charge in [0.2, 0.25) is 0 Å². The topological polar surface area (TPSA) is 87.0 Å². The third-order valence-corrected chi connectivity index (χ3v) is 2.26. The Morgan fingerprint density at radius 3 is 2.72 bits per heavy atom. The molecule has 1 rings (SSSR count). The minimum atomic E-state index is -0.525. The number of ether oxygens (including phenoxy) is 1. The van der Waals surface area contributed by atoms with Crippen molar-refractivity contribution in [3.8, 4) is 11.5 Å². The number of carbonyl (C=O) groups excluding carboxylic acids is 1. The van der Waals surface area contributed by atoms with E-state index in [1.165, 1.54) is 24.3 Å². The molecule has 0 radical (unpaired) electrons. The second-order valence-electron chi connectivity index (χ2n) is 3.84. The highest BCUT2D eigenvalue weighted by atomic mass is 16.5. The number of hydrogen-bond donors (Lipinski definition) is 3. The number of rotatable bonds is 5. The van der Waals surface area contributed by atoms with Crippen LogP contribution in [0.5, 0.6) is 11.5 Å². The molecule has 0 spiro atoms. The average molecular weight is 252 g/mol. The molecule has 0 aliphatic rings. The van der Waals surface area contributed by atoms with Gasteiger partial charge < -0.3 is 20.1 Å². The minimum absolute atomic E-state index is 0.0377. The number of phenols is 2. The van der Waals surface area contributed by atoms with Crippen molar-refractivity contribution >= 4 is 12.0 Å². The van der Waals surface area contributed by atoms with Crippen LogP contribution in [0.4, 0.5) is 0 Å². The molecule has 0 saturated carbocycles. The van der Waals surface area contributed by atoms with Crippen molar-refractivity contribution in [3.63, 3.8) is 0 Å². The largest absolute Gasteiger partial charge is 0.504 e. The van der Waals surface area contributed by atoms with E-state index in [9.17, 15) is 9.90 Å². The van der Waals surface area contributed by atoms with Crippen LogP contribution in [0, 0.1) is 0 Å². The quantitative estimate of drug-likeness (QED) is 0.419. The number of phenolic OH excluding ortho intramolecular Hbond substituents is 2. The van der Waals surface area contributed by atoms with Crippen LogP contribution in [0.1, 0.15) is 18.9 Å². The van der Waals surface area contributed by atoms with E-state index in [-0.39, 0.29) is 24.2 Å². The molecular weight excluding hydrogens is 236 g/mol. The van der Waals surface area contributed by atoms with Gasteiger partial charge in [0.15, 0.2) is 11.5 Å². The third-order valence-electron chi connectivity index (χ3n) is 2.26. The summed E-state index contributed by atoms with van der Waals surface area (Å²) < 4.78 is 4.97. The lowest BCUT2D eigenvalue weighted by atomic mass is 10.2. The predicted octanol–water partition coefficient (Wildman–Crippen LogP) is 1.43. The van der Waals surface area contributed by atoms with E-state index in [0.29, 0.717) is 12.0 Å². The van der Waals surface area contributed by atoms with Gasteiger partial charge >= 0.3 is 5.97 Å². The van der Waals surface area contributed by atoms with Crippen LogP contribution in [-0.2, 0) is 9.53 Å². The molecule has 0 amide bonds. The Bertz CT molecular complexity index is 439. The molecule has 0 aliphatic carbocycles. The molecule has 0 aromatic heterocycles. The van der Waals surface area contributed by atoms with Crippen molar-refractivity contribution in [1.82, 2.24) is 0 Å². The van der Waals surface area contributed by atoms with Crippen LogP contribution in [0.2, 0.25) is 0 Å². The lowest BCUT2D eigenvalue weighted by molar-refractivity contribution is -0.142. The fourth-order valence-corrected chi connectivity index (χ4v) is 1.29. The highest BCUT2D eigenvalue weighted by molar-refractivity contribution is 5.87. The first-order chi connectivity index (χ1) is 8.52. The van der Waals surface area contributed by atoms with Crippen molar-refractivity contribution < 1.29 is 24.9 Å². The normalized spacial score (nSPS) is 12.6. The van der Waals surface area contributed by atoms with E-state index in [1.807, 2.05) is 0 Å². The lowest BCUT2D eigenvalue weighted by Gasteiger charge is -2.09. The molecule has 1 atom stereocenters. The van der Waals surface area contributed by atoms with E-state index >= 15 is 0 Å². The number of carbonyl (C=O) groups is 1. The molecule has 1 unspecified atom stereocenters. The maximum Gasteiger partial charge on any atom is 0.331 e. The van der Waals surface area contributed by atoms with E-state index < -0.39 is 5.97 Å². The van der Waals surface area contributed by atoms with Gasteiger partial charge in [-0.3, -0.25) is 0 Å². The fourth-order valence-electron chi connectivity index (χ4n) is 1.29. The summed E-state index contributed by atoms with van der Waals surface area (Å²) in [5.41, 5.74) is 0.567. The van der Waals surface area contributed by atoms with Crippen molar-refractivity contribution in [3.05, 3.63) is 29.8 Å². The van der Waals surface area contributed by atoms with Gasteiger partial charge in [-0.2, -0.15) is 0 Å². The number of benzene rings is 1. The van der Waals surface area contributed by atoms with E-state index in [2.05, 4.69) is 0 Å². The number of aliphatic hydroxyl groups is 1. The molecule has 1 aromatic rings. The molecule has 0 aliphatic heterocycles. The van der Waals surface area contributed by atoms with Crippen LogP contribution in [-0.4, -0.2) is 34.0 Å². The monoisotopic (exact) mass is 252 g/mol. The van der Waals surface area contributed by atoms with Crippen LogP contribution >= 0.6 is 0 Å². The number of aliphatic hydroxyl groups excluding tert-OH is 1. The molecule has 0 fully saturated rings. The van der Waals surface area contributed by atoms with Gasteiger partial charge in [-0.05, 0) is 30.7 Å². The van der Waals surface area contributed by atoms with Gasteiger partial charge in [0.1, 0.15) is 6.10 Å². The third kappa shape index (κ3) is 4.47. The summed E-state index contributed by atoms with van der Waals surface area (Å²) in [6.45, 7) is 1.65. The molecular formula is C13H16O5. The lowest BCUT2D eigenvalue weighted by Crippen LogP contribution is -2.14. The minimum Gasteiger partial charge on any atom is -0.504 e. The van der Waals surface area contributed by atoms with Gasteiger partial charge in [0.25, 0.3) is 0 Å². The molecule has 0 saturated heterocycles. The molecule has 1 aromatic carbocycles. The van der Waals surface area contributed by atoms with Crippen LogP contribution in [0.15, 0.2) is 24.3 Å². The number of aromatic hydroxyl groups is 2. The highest BCUT2D eigenvalue weighted by Gasteiger charge is 2.05. The standard InChI is InChI=1S/C13H16O5/c1-9(6-7-14)18-13(17)5-3-10-2-4-11(15)12(16)8-10/h2-5,8-9,14-16H,6-7H2,1H3/b5-3+. The second kappa shape index (κ2) is 6.66. The average Bonchev–Trinajstić information content (AvgIpc) is 2.31. The molecule has 0 heterocycles. The van der Waals surface area contributed by atoms with Crippen molar-refractivity contribution in [1.29, 1.82) is 0 Å². The molecule has 98 valence electrons. The SMILES string of the molecule is CC(CCO)OC(=O)/C=C/c1ccc(O)c(O)c1. The summed E-state index contributed by atoms with van der Waals surface area (Å²) in [5.74, 6) is -0.992. The summed E-state index contributed by atoms with van der Waals surface area (Å²) in [4.78, 5) is 11.4. The molecule has 18 heavy (non-hydrogen) atoms. The Morgan fingerprint density at radius 2 is 2.11 bits per heavy atom. The number of esters is 1. The van der Waals surface area contributed by atoms with Gasteiger partial charge in [0.05, 0.1) is 0 Å². The molecule has 3 N–H and O–H groups in total. The smallest absolute Gasteiger partial charge is 0.331 e. The first kappa shape index (κ1) is 14.1. The maximum absolute atomic E-state index is 11.4. The summed E-state index contributed by atoms with van der Waals surface area (Å²) in [6.07, 6.45) is 2.73. The first-order valence-electron chi connectivity index (χ1n) is 5.54. The summed E-state index contributed by atoms with van der Waals surface area (Å²) in [6, 6.07) is 4.21. The Hall–Kier alpha value is -2.01. The zero-order valence-electron chi connectivity index (χ0n) is 10.0. The zero-order chi connectivity index (χ0) is 13.5. The van der Waals surface area contributed by atoms with E-state index in [1.54, 1.807) is 13.0 Å². The van der Waals surface area contributed by atoms with Crippen LogP contribution < -0.4 is 0 Å². The molecule has 5 heteroatoms. The van der Waals surface area contributed by atoms with Crippen LogP contribution in [0.25, 0.3) is 6.08 Å². The van der Waals surface area contributed by atoms with Crippen molar-refractivity contribution in [2.24, 2.45) is 0 Å². The number of hydrogen-bond acceptors (Lipinski definition) is 5. The van der Waals surface area contributed by atoms with Gasteiger partial charge in [-0.1, -0.05) is 6.07 Å². The highest BCUT2D eigenvalue weighted by Crippen LogP contribution is 2.25. The van der Waals surface area contributed by atoms with Crippen molar-refractivity contribution in [2.75, 3.05) is 6.61 Å².